The van der Waals surface area contributed by atoms with Gasteiger partial charge in [0.25, 0.3) is 5.91 Å². The first kappa shape index (κ1) is 12.4. The van der Waals surface area contributed by atoms with Gasteiger partial charge in [0.15, 0.2) is 0 Å². The van der Waals surface area contributed by atoms with Gasteiger partial charge in [0.2, 0.25) is 0 Å². The summed E-state index contributed by atoms with van der Waals surface area (Å²) in [5.74, 6) is -0.723. The molecule has 0 radical (unpaired) electrons. The minimum Gasteiger partial charge on any atom is -0.464 e. The zero-order chi connectivity index (χ0) is 13.1. The normalized spacial score (nSPS) is 27.3. The molecule has 0 saturated carbocycles. The number of allylic oxidation sites excluding steroid dienone is 1. The van der Waals surface area contributed by atoms with Gasteiger partial charge in [0.05, 0.1) is 18.7 Å². The van der Waals surface area contributed by atoms with E-state index in [-0.39, 0.29) is 12.5 Å². The van der Waals surface area contributed by atoms with Crippen molar-refractivity contribution in [2.45, 2.75) is 25.8 Å². The number of esters is 1. The molecule has 0 bridgehead atoms. The molecule has 18 heavy (non-hydrogen) atoms. The van der Waals surface area contributed by atoms with Crippen molar-refractivity contribution in [3.63, 3.8) is 0 Å². The number of urea groups is 1. The van der Waals surface area contributed by atoms with E-state index in [1.807, 2.05) is 0 Å². The highest BCUT2D eigenvalue weighted by Crippen LogP contribution is 2.20. The summed E-state index contributed by atoms with van der Waals surface area (Å²) in [4.78, 5) is 34.1. The van der Waals surface area contributed by atoms with E-state index in [9.17, 15) is 14.4 Å². The van der Waals surface area contributed by atoms with Crippen LogP contribution in [0.4, 0.5) is 4.79 Å². The Balaban J connectivity index is 2.05. The van der Waals surface area contributed by atoms with E-state index in [0.29, 0.717) is 30.7 Å². The van der Waals surface area contributed by atoms with Gasteiger partial charge >= 0.3 is 12.0 Å². The molecule has 2 aliphatic rings. The molecule has 3 N–H and O–H groups in total. The molecule has 2 fully saturated rings. The fourth-order valence-corrected chi connectivity index (χ4v) is 2.02. The molecule has 2 aliphatic heterocycles. The first-order valence-electron chi connectivity index (χ1n) is 5.86. The minimum absolute atomic E-state index is 0.183. The van der Waals surface area contributed by atoms with Crippen LogP contribution in [0.15, 0.2) is 11.3 Å². The van der Waals surface area contributed by atoms with Crippen LogP contribution in [0.5, 0.6) is 0 Å². The third-order valence-electron chi connectivity index (χ3n) is 2.89. The molecule has 7 nitrogen and oxygen atoms in total. The Labute approximate surface area is 104 Å². The lowest BCUT2D eigenvalue weighted by atomic mass is 10.1. The first-order chi connectivity index (χ1) is 8.61. The van der Waals surface area contributed by atoms with Gasteiger partial charge in [-0.2, -0.15) is 0 Å². The molecule has 7 heteroatoms. The van der Waals surface area contributed by atoms with Crippen molar-refractivity contribution >= 4 is 17.9 Å². The third kappa shape index (κ3) is 2.44. The van der Waals surface area contributed by atoms with Crippen LogP contribution >= 0.6 is 0 Å². The Morgan fingerprint density at radius 3 is 2.89 bits per heavy atom. The van der Waals surface area contributed by atoms with E-state index < -0.39 is 18.0 Å². The van der Waals surface area contributed by atoms with Crippen LogP contribution in [0.1, 0.15) is 19.8 Å². The van der Waals surface area contributed by atoms with Crippen LogP contribution in [-0.2, 0) is 14.3 Å². The molecule has 0 aliphatic carbocycles. The lowest BCUT2D eigenvalue weighted by molar-refractivity contribution is -0.145. The number of amides is 3. The van der Waals surface area contributed by atoms with E-state index in [4.69, 9.17) is 4.74 Å². The van der Waals surface area contributed by atoms with Crippen LogP contribution in [0.3, 0.4) is 0 Å². The topological polar surface area (TPSA) is 96.5 Å². The number of carbonyl (C=O) groups excluding carboxylic acids is 3. The number of carbonyl (C=O) groups is 3. The van der Waals surface area contributed by atoms with E-state index in [2.05, 4.69) is 16.0 Å². The number of hydrogen-bond donors (Lipinski definition) is 3. The van der Waals surface area contributed by atoms with Gasteiger partial charge in [0.1, 0.15) is 6.04 Å². The quantitative estimate of drug-likeness (QED) is 0.451. The van der Waals surface area contributed by atoms with Gasteiger partial charge in [-0.3, -0.25) is 10.1 Å². The lowest BCUT2D eigenvalue weighted by Crippen LogP contribution is -2.49. The van der Waals surface area contributed by atoms with Crippen molar-refractivity contribution in [1.82, 2.24) is 16.0 Å². The zero-order valence-corrected chi connectivity index (χ0v) is 10.0. The molecule has 0 unspecified atom stereocenters. The van der Waals surface area contributed by atoms with Gasteiger partial charge in [-0.05, 0) is 19.8 Å². The van der Waals surface area contributed by atoms with Gasteiger partial charge in [-0.1, -0.05) is 0 Å². The Morgan fingerprint density at radius 2 is 2.22 bits per heavy atom. The second-order valence-electron chi connectivity index (χ2n) is 4.08. The molecule has 0 spiro atoms. The lowest BCUT2D eigenvalue weighted by Gasteiger charge is -2.18. The predicted octanol–water partition coefficient (Wildman–Crippen LogP) is -0.605. The minimum atomic E-state index is -0.496. The maximum atomic E-state index is 11.6. The molecule has 2 heterocycles. The first-order valence-corrected chi connectivity index (χ1v) is 5.86. The standard InChI is InChI=1S/C11H15N3O4/c1-2-18-10(16)8-4-3-7(13-8)6-5-12-11(17)14-9(6)15/h8,13H,2-5H2,1H3,(H2,12,14,15,17)/b7-6-/t8-/m0/s1. The van der Waals surface area contributed by atoms with E-state index >= 15 is 0 Å². The highest BCUT2D eigenvalue weighted by Gasteiger charge is 2.31. The van der Waals surface area contributed by atoms with Gasteiger partial charge in [-0.15, -0.1) is 0 Å². The number of hydrogen-bond acceptors (Lipinski definition) is 5. The summed E-state index contributed by atoms with van der Waals surface area (Å²) in [6.45, 7) is 2.26. The average molecular weight is 253 g/mol. The molecule has 0 aromatic rings. The fraction of sp³-hybridized carbons (Fsp3) is 0.545. The summed E-state index contributed by atoms with van der Waals surface area (Å²) in [6, 6.07) is -0.901. The van der Waals surface area contributed by atoms with Crippen molar-refractivity contribution in [2.24, 2.45) is 0 Å². The average Bonchev–Trinajstić information content (AvgIpc) is 2.78. The predicted molar refractivity (Wildman–Crippen MR) is 61.4 cm³/mol. The molecular formula is C11H15N3O4. The van der Waals surface area contributed by atoms with Gasteiger partial charge in [-0.25, -0.2) is 9.59 Å². The maximum Gasteiger partial charge on any atom is 0.328 e. The molecule has 1 atom stereocenters. The van der Waals surface area contributed by atoms with Crippen molar-refractivity contribution in [2.75, 3.05) is 13.2 Å². The van der Waals surface area contributed by atoms with Crippen LogP contribution in [-0.4, -0.2) is 37.1 Å². The third-order valence-corrected chi connectivity index (χ3v) is 2.89. The van der Waals surface area contributed by atoms with Crippen molar-refractivity contribution in [3.8, 4) is 0 Å². The van der Waals surface area contributed by atoms with E-state index in [0.717, 1.165) is 0 Å². The molecule has 98 valence electrons. The maximum absolute atomic E-state index is 11.6. The summed E-state index contributed by atoms with van der Waals surface area (Å²) < 4.78 is 4.91. The molecule has 2 saturated heterocycles. The van der Waals surface area contributed by atoms with Crippen molar-refractivity contribution in [1.29, 1.82) is 0 Å². The Kier molecular flexibility index (Phi) is 3.50. The molecule has 0 aromatic carbocycles. The van der Waals surface area contributed by atoms with Crippen LogP contribution in [0.2, 0.25) is 0 Å². The molecule has 3 amide bonds. The summed E-state index contributed by atoms with van der Waals surface area (Å²) in [7, 11) is 0. The molecule has 0 aromatic heterocycles. The monoisotopic (exact) mass is 253 g/mol. The number of nitrogens with one attached hydrogen (secondary N) is 3. The highest BCUT2D eigenvalue weighted by molar-refractivity contribution is 6.07. The smallest absolute Gasteiger partial charge is 0.328 e. The van der Waals surface area contributed by atoms with E-state index in [1.54, 1.807) is 6.92 Å². The summed E-state index contributed by atoms with van der Waals surface area (Å²) in [6.07, 6.45) is 1.20. The van der Waals surface area contributed by atoms with Crippen molar-refractivity contribution < 1.29 is 19.1 Å². The summed E-state index contributed by atoms with van der Waals surface area (Å²) in [5, 5.41) is 7.68. The Morgan fingerprint density at radius 1 is 1.44 bits per heavy atom. The van der Waals surface area contributed by atoms with Gasteiger partial charge < -0.3 is 15.4 Å². The Bertz CT molecular complexity index is 430. The van der Waals surface area contributed by atoms with Crippen molar-refractivity contribution in [3.05, 3.63) is 11.3 Å². The SMILES string of the molecule is CCOC(=O)[C@@H]1CC/C(=C2\CNC(=O)NC2=O)N1. The highest BCUT2D eigenvalue weighted by atomic mass is 16.5. The van der Waals surface area contributed by atoms with Crippen LogP contribution in [0.25, 0.3) is 0 Å². The number of imide groups is 1. The van der Waals surface area contributed by atoms with E-state index in [1.165, 1.54) is 0 Å². The number of rotatable bonds is 2. The largest absolute Gasteiger partial charge is 0.464 e. The second-order valence-corrected chi connectivity index (χ2v) is 4.08. The van der Waals surface area contributed by atoms with Gasteiger partial charge in [0, 0.05) is 5.70 Å². The van der Waals surface area contributed by atoms with Crippen LogP contribution < -0.4 is 16.0 Å². The summed E-state index contributed by atoms with van der Waals surface area (Å²) >= 11 is 0. The Hall–Kier alpha value is -2.05. The number of ether oxygens (including phenoxy) is 1. The molecular weight excluding hydrogens is 238 g/mol. The fourth-order valence-electron chi connectivity index (χ4n) is 2.02. The van der Waals surface area contributed by atoms with Crippen LogP contribution in [0, 0.1) is 0 Å². The zero-order valence-electron chi connectivity index (χ0n) is 10.0. The second kappa shape index (κ2) is 5.07. The summed E-state index contributed by atoms with van der Waals surface area (Å²) in [5.41, 5.74) is 1.17. The molecule has 2 rings (SSSR count).